The van der Waals surface area contributed by atoms with Crippen molar-refractivity contribution in [2.45, 2.75) is 44.9 Å². The Morgan fingerprint density at radius 1 is 1.17 bits per heavy atom. The highest BCUT2D eigenvalue weighted by atomic mass is 15.3. The monoisotopic (exact) mass is 165 g/mol. The number of nitrogens with zero attached hydrogens (tertiary/aromatic N) is 2. The Morgan fingerprint density at radius 2 is 1.83 bits per heavy atom. The molecule has 0 radical (unpaired) electrons. The van der Waals surface area contributed by atoms with Crippen LogP contribution < -0.4 is 0 Å². The zero-order valence-electron chi connectivity index (χ0n) is 8.10. The fourth-order valence-corrected chi connectivity index (χ4v) is 2.45. The van der Waals surface area contributed by atoms with Gasteiger partial charge in [0.1, 0.15) is 0 Å². The Balaban J connectivity index is 2.60. The van der Waals surface area contributed by atoms with E-state index < -0.39 is 0 Å². The van der Waals surface area contributed by atoms with Crippen LogP contribution in [0.15, 0.2) is 0 Å². The number of aromatic nitrogens is 3. The van der Waals surface area contributed by atoms with Crippen molar-refractivity contribution in [3.05, 3.63) is 11.4 Å². The molecule has 1 aromatic rings. The van der Waals surface area contributed by atoms with Gasteiger partial charge in [0, 0.05) is 10.8 Å². The van der Waals surface area contributed by atoms with Crippen LogP contribution in [0.1, 0.15) is 45.5 Å². The molecule has 2 rings (SSSR count). The van der Waals surface area contributed by atoms with Crippen LogP contribution in [-0.2, 0) is 10.8 Å². The molecule has 0 unspecified atom stereocenters. The minimum atomic E-state index is 0.186. The highest BCUT2D eigenvalue weighted by Gasteiger charge is 2.44. The quantitative estimate of drug-likeness (QED) is 0.636. The SMILES string of the molecule is CC1(C)CC(C)(C)c2[nH]nnc21. The van der Waals surface area contributed by atoms with Gasteiger partial charge in [-0.2, -0.15) is 0 Å². The van der Waals surface area contributed by atoms with Crippen LogP contribution in [0.4, 0.5) is 0 Å². The second-order valence-corrected chi connectivity index (χ2v) is 4.98. The van der Waals surface area contributed by atoms with Crippen molar-refractivity contribution in [2.24, 2.45) is 0 Å². The molecule has 1 aliphatic carbocycles. The Labute approximate surface area is 72.6 Å². The van der Waals surface area contributed by atoms with E-state index in [1.165, 1.54) is 5.69 Å². The van der Waals surface area contributed by atoms with Crippen LogP contribution >= 0.6 is 0 Å². The van der Waals surface area contributed by atoms with Crippen molar-refractivity contribution in [1.82, 2.24) is 15.4 Å². The normalized spacial score (nSPS) is 24.0. The maximum Gasteiger partial charge on any atom is 0.0918 e. The average molecular weight is 165 g/mol. The first kappa shape index (κ1) is 7.77. The third-order valence-electron chi connectivity index (χ3n) is 2.75. The molecule has 3 heteroatoms. The first-order chi connectivity index (χ1) is 5.43. The van der Waals surface area contributed by atoms with E-state index in [-0.39, 0.29) is 10.8 Å². The van der Waals surface area contributed by atoms with Crippen LogP contribution in [-0.4, -0.2) is 15.4 Å². The predicted molar refractivity (Wildman–Crippen MR) is 47.1 cm³/mol. The van der Waals surface area contributed by atoms with Crippen LogP contribution in [0.5, 0.6) is 0 Å². The largest absolute Gasteiger partial charge is 0.261 e. The van der Waals surface area contributed by atoms with Crippen molar-refractivity contribution in [1.29, 1.82) is 0 Å². The van der Waals surface area contributed by atoms with E-state index in [0.29, 0.717) is 0 Å². The molecule has 0 amide bonds. The summed E-state index contributed by atoms with van der Waals surface area (Å²) in [6.07, 6.45) is 1.15. The van der Waals surface area contributed by atoms with Crippen LogP contribution in [0.3, 0.4) is 0 Å². The van der Waals surface area contributed by atoms with Crippen molar-refractivity contribution in [3.63, 3.8) is 0 Å². The topological polar surface area (TPSA) is 41.6 Å². The second-order valence-electron chi connectivity index (χ2n) is 4.98. The van der Waals surface area contributed by atoms with Gasteiger partial charge in [0.2, 0.25) is 0 Å². The van der Waals surface area contributed by atoms with E-state index >= 15 is 0 Å². The van der Waals surface area contributed by atoms with E-state index in [1.807, 2.05) is 0 Å². The lowest BCUT2D eigenvalue weighted by Crippen LogP contribution is -2.19. The molecule has 66 valence electrons. The summed E-state index contributed by atoms with van der Waals surface area (Å²) in [6.45, 7) is 8.92. The van der Waals surface area contributed by atoms with Crippen molar-refractivity contribution < 1.29 is 0 Å². The maximum absolute atomic E-state index is 4.14. The zero-order valence-corrected chi connectivity index (χ0v) is 8.10. The summed E-state index contributed by atoms with van der Waals surface area (Å²) in [5.41, 5.74) is 2.76. The fourth-order valence-electron chi connectivity index (χ4n) is 2.45. The zero-order chi connectivity index (χ0) is 8.98. The molecule has 0 bridgehead atoms. The van der Waals surface area contributed by atoms with Gasteiger partial charge in [-0.3, -0.25) is 5.10 Å². The van der Waals surface area contributed by atoms with Crippen molar-refractivity contribution in [3.8, 4) is 0 Å². The smallest absolute Gasteiger partial charge is 0.0918 e. The molecule has 3 nitrogen and oxygen atoms in total. The molecule has 0 spiro atoms. The lowest BCUT2D eigenvalue weighted by Gasteiger charge is -2.21. The summed E-state index contributed by atoms with van der Waals surface area (Å²) in [4.78, 5) is 0. The first-order valence-electron chi connectivity index (χ1n) is 4.35. The third kappa shape index (κ3) is 0.822. The molecule has 12 heavy (non-hydrogen) atoms. The number of rotatable bonds is 0. The lowest BCUT2D eigenvalue weighted by molar-refractivity contribution is 0.387. The minimum Gasteiger partial charge on any atom is -0.261 e. The Hall–Kier alpha value is -0.860. The van der Waals surface area contributed by atoms with Gasteiger partial charge < -0.3 is 0 Å². The van der Waals surface area contributed by atoms with Gasteiger partial charge in [-0.15, -0.1) is 5.10 Å². The van der Waals surface area contributed by atoms with Crippen molar-refractivity contribution >= 4 is 0 Å². The van der Waals surface area contributed by atoms with Gasteiger partial charge in [0.15, 0.2) is 0 Å². The standard InChI is InChI=1S/C9H15N3/c1-8(2)5-9(3,4)7-6(8)10-12-11-7/h5H2,1-4H3,(H,10,11,12). The average Bonchev–Trinajstić information content (AvgIpc) is 2.34. The van der Waals surface area contributed by atoms with E-state index in [2.05, 4.69) is 43.1 Å². The van der Waals surface area contributed by atoms with E-state index in [9.17, 15) is 0 Å². The summed E-state index contributed by atoms with van der Waals surface area (Å²) in [7, 11) is 0. The summed E-state index contributed by atoms with van der Waals surface area (Å²) in [5, 5.41) is 11.0. The number of aromatic amines is 1. The summed E-state index contributed by atoms with van der Waals surface area (Å²) >= 11 is 0. The second kappa shape index (κ2) is 1.90. The number of nitrogens with one attached hydrogen (secondary N) is 1. The van der Waals surface area contributed by atoms with Gasteiger partial charge in [-0.1, -0.05) is 32.9 Å². The molecule has 0 aromatic carbocycles. The highest BCUT2D eigenvalue weighted by Crippen LogP contribution is 2.46. The number of hydrogen-bond donors (Lipinski definition) is 1. The number of hydrogen-bond acceptors (Lipinski definition) is 2. The molecule has 0 aliphatic heterocycles. The molecule has 1 N–H and O–H groups in total. The lowest BCUT2D eigenvalue weighted by atomic mass is 9.83. The Morgan fingerprint density at radius 3 is 2.42 bits per heavy atom. The Kier molecular flexibility index (Phi) is 1.23. The molecular weight excluding hydrogens is 150 g/mol. The number of H-pyrrole nitrogens is 1. The molecule has 1 aliphatic rings. The van der Waals surface area contributed by atoms with Crippen LogP contribution in [0.25, 0.3) is 0 Å². The van der Waals surface area contributed by atoms with Gasteiger partial charge in [0.25, 0.3) is 0 Å². The van der Waals surface area contributed by atoms with Crippen LogP contribution in [0.2, 0.25) is 0 Å². The molecule has 1 heterocycles. The molecule has 0 atom stereocenters. The Bertz CT molecular complexity index is 281. The molecular formula is C9H15N3. The van der Waals surface area contributed by atoms with Gasteiger partial charge in [-0.05, 0) is 6.42 Å². The molecule has 0 fully saturated rings. The van der Waals surface area contributed by atoms with Gasteiger partial charge >= 0.3 is 0 Å². The first-order valence-corrected chi connectivity index (χ1v) is 4.35. The molecule has 0 saturated heterocycles. The van der Waals surface area contributed by atoms with Crippen molar-refractivity contribution in [2.75, 3.05) is 0 Å². The van der Waals surface area contributed by atoms with Gasteiger partial charge in [0.05, 0.1) is 11.4 Å². The third-order valence-corrected chi connectivity index (χ3v) is 2.75. The summed E-state index contributed by atoms with van der Waals surface area (Å²) in [5.74, 6) is 0. The van der Waals surface area contributed by atoms with E-state index in [4.69, 9.17) is 0 Å². The molecule has 1 aromatic heterocycles. The van der Waals surface area contributed by atoms with Crippen LogP contribution in [0, 0.1) is 0 Å². The van der Waals surface area contributed by atoms with Gasteiger partial charge in [-0.25, -0.2) is 0 Å². The number of fused-ring (bicyclic) bond motifs is 1. The minimum absolute atomic E-state index is 0.186. The predicted octanol–water partition coefficient (Wildman–Crippen LogP) is 1.76. The summed E-state index contributed by atoms with van der Waals surface area (Å²) in [6, 6.07) is 0. The van der Waals surface area contributed by atoms with E-state index in [1.54, 1.807) is 0 Å². The fraction of sp³-hybridized carbons (Fsp3) is 0.778. The van der Waals surface area contributed by atoms with E-state index in [0.717, 1.165) is 12.1 Å². The summed E-state index contributed by atoms with van der Waals surface area (Å²) < 4.78 is 0. The molecule has 0 saturated carbocycles. The highest BCUT2D eigenvalue weighted by molar-refractivity contribution is 5.33. The maximum atomic E-state index is 4.14.